The van der Waals surface area contributed by atoms with Crippen LogP contribution >= 0.6 is 27.3 Å². The number of hydrogen-bond acceptors (Lipinski definition) is 3. The molecule has 1 atom stereocenters. The van der Waals surface area contributed by atoms with Gasteiger partial charge in [-0.3, -0.25) is 0 Å². The molecule has 0 spiro atoms. The first kappa shape index (κ1) is 11.2. The van der Waals surface area contributed by atoms with E-state index in [-0.39, 0.29) is 6.10 Å². The Morgan fingerprint density at radius 2 is 2.46 bits per heavy atom. The number of halogens is 1. The van der Waals surface area contributed by atoms with Crippen LogP contribution in [0, 0.1) is 0 Å². The Morgan fingerprint density at radius 3 is 3.00 bits per heavy atom. The van der Waals surface area contributed by atoms with E-state index in [1.54, 1.807) is 11.3 Å². The Hall–Kier alpha value is 0.100. The fourth-order valence-electron chi connectivity index (χ4n) is 0.948. The number of nitrogens with one attached hydrogen (secondary N) is 1. The van der Waals surface area contributed by atoms with Gasteiger partial charge < -0.3 is 10.4 Å². The van der Waals surface area contributed by atoms with Crippen LogP contribution in [-0.2, 0) is 6.54 Å². The van der Waals surface area contributed by atoms with E-state index in [1.165, 1.54) is 4.88 Å². The van der Waals surface area contributed by atoms with Crippen LogP contribution in [0.1, 0.15) is 18.2 Å². The molecule has 0 aliphatic heterocycles. The summed E-state index contributed by atoms with van der Waals surface area (Å²) in [6, 6.07) is 2.04. The highest BCUT2D eigenvalue weighted by molar-refractivity contribution is 9.10. The second-order valence-corrected chi connectivity index (χ2v) is 4.74. The van der Waals surface area contributed by atoms with Gasteiger partial charge in [-0.25, -0.2) is 0 Å². The predicted octanol–water partition coefficient (Wildman–Crippen LogP) is 2.37. The fraction of sp³-hybridized carbons (Fsp3) is 0.556. The van der Waals surface area contributed by atoms with E-state index in [0.717, 1.165) is 17.4 Å². The summed E-state index contributed by atoms with van der Waals surface area (Å²) in [7, 11) is 0. The molecular formula is C9H14BrNOS. The maximum Gasteiger partial charge on any atom is 0.0662 e. The first-order valence-corrected chi connectivity index (χ1v) is 6.02. The Kier molecular flexibility index (Phi) is 4.94. The summed E-state index contributed by atoms with van der Waals surface area (Å²) in [6.45, 7) is 3.48. The average molecular weight is 264 g/mol. The van der Waals surface area contributed by atoms with E-state index in [9.17, 15) is 5.11 Å². The molecule has 0 aliphatic rings. The fourth-order valence-corrected chi connectivity index (χ4v) is 2.41. The van der Waals surface area contributed by atoms with Crippen LogP contribution in [0.15, 0.2) is 15.9 Å². The van der Waals surface area contributed by atoms with E-state index < -0.39 is 0 Å². The molecule has 1 aromatic heterocycles. The van der Waals surface area contributed by atoms with Gasteiger partial charge in [0.25, 0.3) is 0 Å². The van der Waals surface area contributed by atoms with Gasteiger partial charge in [-0.05, 0) is 33.8 Å². The summed E-state index contributed by atoms with van der Waals surface area (Å²) in [5.41, 5.74) is 0. The van der Waals surface area contributed by atoms with Gasteiger partial charge in [0.05, 0.1) is 6.10 Å². The average Bonchev–Trinajstić information content (AvgIpc) is 2.52. The minimum Gasteiger partial charge on any atom is -0.392 e. The Labute approximate surface area is 91.1 Å². The minimum absolute atomic E-state index is 0.223. The van der Waals surface area contributed by atoms with Crippen molar-refractivity contribution in [1.82, 2.24) is 5.32 Å². The summed E-state index contributed by atoms with van der Waals surface area (Å²) in [5, 5.41) is 14.5. The quantitative estimate of drug-likeness (QED) is 0.855. The Bertz CT molecular complexity index is 252. The van der Waals surface area contributed by atoms with E-state index in [4.69, 9.17) is 0 Å². The van der Waals surface area contributed by atoms with Gasteiger partial charge in [-0.1, -0.05) is 6.92 Å². The lowest BCUT2D eigenvalue weighted by Gasteiger charge is -2.08. The van der Waals surface area contributed by atoms with Crippen LogP contribution in [0.25, 0.3) is 0 Å². The van der Waals surface area contributed by atoms with E-state index in [2.05, 4.69) is 26.6 Å². The highest BCUT2D eigenvalue weighted by Gasteiger charge is 2.02. The number of rotatable bonds is 5. The third-order valence-corrected chi connectivity index (χ3v) is 3.75. The Balaban J connectivity index is 2.24. The maximum atomic E-state index is 9.29. The molecule has 2 N–H and O–H groups in total. The molecule has 2 nitrogen and oxygen atoms in total. The van der Waals surface area contributed by atoms with Gasteiger partial charge in [0.1, 0.15) is 0 Å². The predicted molar refractivity (Wildman–Crippen MR) is 60.0 cm³/mol. The van der Waals surface area contributed by atoms with Crippen molar-refractivity contribution in [3.05, 3.63) is 20.8 Å². The van der Waals surface area contributed by atoms with Crippen molar-refractivity contribution in [3.63, 3.8) is 0 Å². The van der Waals surface area contributed by atoms with Crippen molar-refractivity contribution >= 4 is 27.3 Å². The molecular weight excluding hydrogens is 250 g/mol. The van der Waals surface area contributed by atoms with Gasteiger partial charge in [-0.2, -0.15) is 0 Å². The third-order valence-electron chi connectivity index (χ3n) is 1.83. The molecule has 0 saturated heterocycles. The molecule has 1 heterocycles. The highest BCUT2D eigenvalue weighted by atomic mass is 79.9. The molecule has 0 aliphatic carbocycles. The van der Waals surface area contributed by atoms with Crippen molar-refractivity contribution in [2.45, 2.75) is 26.0 Å². The van der Waals surface area contributed by atoms with Crippen LogP contribution in [0.5, 0.6) is 0 Å². The topological polar surface area (TPSA) is 32.3 Å². The Morgan fingerprint density at radius 1 is 1.69 bits per heavy atom. The van der Waals surface area contributed by atoms with E-state index >= 15 is 0 Å². The smallest absolute Gasteiger partial charge is 0.0662 e. The lowest BCUT2D eigenvalue weighted by molar-refractivity contribution is 0.167. The van der Waals surface area contributed by atoms with Crippen LogP contribution in [0.2, 0.25) is 0 Å². The summed E-state index contributed by atoms with van der Waals surface area (Å²) < 4.78 is 1.15. The number of aliphatic hydroxyl groups is 1. The van der Waals surface area contributed by atoms with Crippen molar-refractivity contribution in [3.8, 4) is 0 Å². The maximum absolute atomic E-state index is 9.29. The van der Waals surface area contributed by atoms with Gasteiger partial charge in [-0.15, -0.1) is 11.3 Å². The van der Waals surface area contributed by atoms with Crippen molar-refractivity contribution in [2.75, 3.05) is 6.54 Å². The molecule has 0 aromatic carbocycles. The SMILES string of the molecule is CCC(O)CNCc1sccc1Br. The van der Waals surface area contributed by atoms with Gasteiger partial charge in [0, 0.05) is 22.4 Å². The van der Waals surface area contributed by atoms with Gasteiger partial charge >= 0.3 is 0 Å². The summed E-state index contributed by atoms with van der Waals surface area (Å²) in [5.74, 6) is 0. The normalized spacial score (nSPS) is 13.2. The largest absolute Gasteiger partial charge is 0.392 e. The molecule has 0 saturated carbocycles. The standard InChI is InChI=1S/C9H14BrNOS/c1-2-7(12)5-11-6-9-8(10)3-4-13-9/h3-4,7,11-12H,2,5-6H2,1H3. The van der Waals surface area contributed by atoms with Gasteiger partial charge in [0.2, 0.25) is 0 Å². The van der Waals surface area contributed by atoms with E-state index in [0.29, 0.717) is 6.54 Å². The van der Waals surface area contributed by atoms with Crippen LogP contribution < -0.4 is 5.32 Å². The first-order chi connectivity index (χ1) is 6.24. The second kappa shape index (κ2) is 5.75. The molecule has 0 radical (unpaired) electrons. The molecule has 1 unspecified atom stereocenters. The molecule has 13 heavy (non-hydrogen) atoms. The van der Waals surface area contributed by atoms with Gasteiger partial charge in [0.15, 0.2) is 0 Å². The summed E-state index contributed by atoms with van der Waals surface area (Å²) >= 11 is 5.18. The zero-order chi connectivity index (χ0) is 9.68. The van der Waals surface area contributed by atoms with Crippen LogP contribution in [0.4, 0.5) is 0 Å². The number of thiophene rings is 1. The molecule has 1 rings (SSSR count). The van der Waals surface area contributed by atoms with Crippen molar-refractivity contribution in [1.29, 1.82) is 0 Å². The molecule has 0 fully saturated rings. The van der Waals surface area contributed by atoms with Crippen molar-refractivity contribution < 1.29 is 5.11 Å². The molecule has 4 heteroatoms. The molecule has 0 amide bonds. The van der Waals surface area contributed by atoms with Crippen LogP contribution in [-0.4, -0.2) is 17.8 Å². The zero-order valence-electron chi connectivity index (χ0n) is 7.59. The summed E-state index contributed by atoms with van der Waals surface area (Å²) in [4.78, 5) is 1.28. The van der Waals surface area contributed by atoms with Crippen LogP contribution in [0.3, 0.4) is 0 Å². The molecule has 74 valence electrons. The highest BCUT2D eigenvalue weighted by Crippen LogP contribution is 2.21. The first-order valence-electron chi connectivity index (χ1n) is 4.34. The third kappa shape index (κ3) is 3.77. The molecule has 1 aromatic rings. The monoisotopic (exact) mass is 263 g/mol. The minimum atomic E-state index is -0.223. The lowest BCUT2D eigenvalue weighted by Crippen LogP contribution is -2.25. The summed E-state index contributed by atoms with van der Waals surface area (Å²) in [6.07, 6.45) is 0.581. The lowest BCUT2D eigenvalue weighted by atomic mass is 10.3. The molecule has 0 bridgehead atoms. The van der Waals surface area contributed by atoms with Crippen molar-refractivity contribution in [2.24, 2.45) is 0 Å². The number of aliphatic hydroxyl groups excluding tert-OH is 1. The number of hydrogen-bond donors (Lipinski definition) is 2. The second-order valence-electron chi connectivity index (χ2n) is 2.88. The van der Waals surface area contributed by atoms with E-state index in [1.807, 2.05) is 13.0 Å². The zero-order valence-corrected chi connectivity index (χ0v) is 9.99.